The summed E-state index contributed by atoms with van der Waals surface area (Å²) in [6.07, 6.45) is 2.11. The van der Waals surface area contributed by atoms with E-state index in [1.54, 1.807) is 4.90 Å². The second kappa shape index (κ2) is 9.17. The summed E-state index contributed by atoms with van der Waals surface area (Å²) in [7, 11) is -3.63. The number of rotatable bonds is 6. The van der Waals surface area contributed by atoms with E-state index in [0.717, 1.165) is 12.3 Å². The molecule has 0 radical (unpaired) electrons. The first kappa shape index (κ1) is 24.4. The summed E-state index contributed by atoms with van der Waals surface area (Å²) in [5.74, 6) is -0.244. The molecule has 0 amide bonds. The third-order valence-corrected chi connectivity index (χ3v) is 6.91. The lowest BCUT2D eigenvalue weighted by molar-refractivity contribution is -0.383. The highest BCUT2D eigenvalue weighted by Gasteiger charge is 2.33. The minimum atomic E-state index is -3.63. The fourth-order valence-corrected chi connectivity index (χ4v) is 4.50. The maximum absolute atomic E-state index is 14.8. The largest absolute Gasteiger partial charge is 0.378 e. The van der Waals surface area contributed by atoms with Crippen molar-refractivity contribution < 1.29 is 22.3 Å². The summed E-state index contributed by atoms with van der Waals surface area (Å²) in [5, 5.41) is 15.7. The van der Waals surface area contributed by atoms with E-state index >= 15 is 0 Å². The molecule has 0 aliphatic carbocycles. The van der Waals surface area contributed by atoms with Crippen LogP contribution < -0.4 is 10.6 Å². The van der Waals surface area contributed by atoms with E-state index in [1.807, 2.05) is 13.8 Å². The minimum absolute atomic E-state index is 0.00931. The molecule has 186 valence electrons. The Bertz CT molecular complexity index is 1380. The van der Waals surface area contributed by atoms with Gasteiger partial charge in [-0.15, -0.1) is 0 Å². The van der Waals surface area contributed by atoms with Crippen molar-refractivity contribution in [1.29, 1.82) is 0 Å². The van der Waals surface area contributed by atoms with Crippen LogP contribution in [0, 0.1) is 15.9 Å². The predicted octanol–water partition coefficient (Wildman–Crippen LogP) is 3.07. The second-order valence-electron chi connectivity index (χ2n) is 8.68. The number of anilines is 2. The van der Waals surface area contributed by atoms with Gasteiger partial charge < -0.3 is 15.2 Å². The van der Waals surface area contributed by atoms with Crippen molar-refractivity contribution in [3.63, 3.8) is 0 Å². The topological polar surface area (TPSA) is 171 Å². The molecule has 3 heterocycles. The number of nitrogens with two attached hydrogens (primary N) is 1. The summed E-state index contributed by atoms with van der Waals surface area (Å²) >= 11 is 0. The normalized spacial score (nSPS) is 15.1. The average Bonchev–Trinajstić information content (AvgIpc) is 3.28. The highest BCUT2D eigenvalue weighted by molar-refractivity contribution is 7.90. The maximum Gasteiger partial charge on any atom is 0.353 e. The van der Waals surface area contributed by atoms with Crippen LogP contribution in [0.4, 0.5) is 21.7 Å². The van der Waals surface area contributed by atoms with Gasteiger partial charge in [0, 0.05) is 31.2 Å². The van der Waals surface area contributed by atoms with E-state index in [2.05, 4.69) is 20.1 Å². The molecule has 0 atom stereocenters. The van der Waals surface area contributed by atoms with E-state index in [9.17, 15) is 22.9 Å². The first-order valence-electron chi connectivity index (χ1n) is 10.9. The SMILES string of the molecule is CC(C)c1noc(C2CCN(c3nc(-c4ccc(S(C)(=O)=O)cc4F)nc(N)c3[N+](=O)[O-])CC2)n1. The van der Waals surface area contributed by atoms with Crippen LogP contribution in [0.2, 0.25) is 0 Å². The summed E-state index contributed by atoms with van der Waals surface area (Å²) < 4.78 is 43.6. The van der Waals surface area contributed by atoms with Crippen molar-refractivity contribution in [2.45, 2.75) is 43.4 Å². The molecule has 1 saturated heterocycles. The fourth-order valence-electron chi connectivity index (χ4n) is 3.87. The van der Waals surface area contributed by atoms with E-state index in [1.165, 1.54) is 12.1 Å². The Morgan fingerprint density at radius 2 is 1.91 bits per heavy atom. The molecule has 1 fully saturated rings. The number of sulfone groups is 1. The van der Waals surface area contributed by atoms with Crippen molar-refractivity contribution in [2.24, 2.45) is 0 Å². The number of piperidine rings is 1. The third kappa shape index (κ3) is 4.92. The molecule has 0 saturated carbocycles. The fraction of sp³-hybridized carbons (Fsp3) is 0.429. The number of hydrogen-bond donors (Lipinski definition) is 1. The van der Waals surface area contributed by atoms with Gasteiger partial charge in [-0.05, 0) is 31.0 Å². The van der Waals surface area contributed by atoms with E-state index < -0.39 is 32.1 Å². The molecule has 12 nitrogen and oxygen atoms in total. The Kier molecular flexibility index (Phi) is 6.40. The van der Waals surface area contributed by atoms with Gasteiger partial charge in [0.2, 0.25) is 17.5 Å². The van der Waals surface area contributed by atoms with Crippen LogP contribution in [0.3, 0.4) is 0 Å². The summed E-state index contributed by atoms with van der Waals surface area (Å²) in [4.78, 5) is 25.2. The van der Waals surface area contributed by atoms with Gasteiger partial charge in [-0.2, -0.15) is 4.98 Å². The number of hydrogen-bond acceptors (Lipinski definition) is 11. The van der Waals surface area contributed by atoms with Crippen molar-refractivity contribution >= 4 is 27.2 Å². The van der Waals surface area contributed by atoms with Crippen LogP contribution in [-0.2, 0) is 9.84 Å². The smallest absolute Gasteiger partial charge is 0.353 e. The number of nitrogen functional groups attached to an aromatic ring is 1. The van der Waals surface area contributed by atoms with Crippen LogP contribution in [0.25, 0.3) is 11.4 Å². The van der Waals surface area contributed by atoms with Gasteiger partial charge >= 0.3 is 5.69 Å². The molecule has 0 unspecified atom stereocenters. The molecule has 2 aromatic heterocycles. The molecule has 3 aromatic rings. The monoisotopic (exact) mass is 505 g/mol. The quantitative estimate of drug-likeness (QED) is 0.385. The van der Waals surface area contributed by atoms with Gasteiger partial charge in [0.05, 0.1) is 15.4 Å². The summed E-state index contributed by atoms with van der Waals surface area (Å²) in [6, 6.07) is 3.28. The molecule has 1 aliphatic rings. The van der Waals surface area contributed by atoms with E-state index in [-0.39, 0.29) is 33.9 Å². The lowest BCUT2D eigenvalue weighted by Gasteiger charge is -2.31. The Hall–Kier alpha value is -3.68. The highest BCUT2D eigenvalue weighted by Crippen LogP contribution is 2.37. The van der Waals surface area contributed by atoms with Gasteiger partial charge in [0.1, 0.15) is 5.82 Å². The number of halogens is 1. The Morgan fingerprint density at radius 1 is 1.23 bits per heavy atom. The third-order valence-electron chi connectivity index (χ3n) is 5.80. The molecule has 0 spiro atoms. The van der Waals surface area contributed by atoms with Gasteiger partial charge in [-0.3, -0.25) is 10.1 Å². The van der Waals surface area contributed by atoms with Gasteiger partial charge in [0.25, 0.3) is 0 Å². The van der Waals surface area contributed by atoms with E-state index in [0.29, 0.717) is 37.6 Å². The second-order valence-corrected chi connectivity index (χ2v) is 10.7. The van der Waals surface area contributed by atoms with Gasteiger partial charge in [0.15, 0.2) is 21.5 Å². The number of nitrogens with zero attached hydrogens (tertiary/aromatic N) is 6. The standard InChI is InChI=1S/C21H24FN7O5S/c1-11(2)18-26-21(34-27-18)12-6-8-28(9-7-12)20-16(29(30)31)17(23)24-19(25-20)14-5-4-13(10-15(14)22)35(3,32)33/h4-5,10-12H,6-9H2,1-3H3,(H2,23,24,25). The Morgan fingerprint density at radius 3 is 2.46 bits per heavy atom. The predicted molar refractivity (Wildman–Crippen MR) is 124 cm³/mol. The zero-order chi connectivity index (χ0) is 25.5. The number of nitro groups is 1. The zero-order valence-corrected chi connectivity index (χ0v) is 20.1. The van der Waals surface area contributed by atoms with Crippen LogP contribution >= 0.6 is 0 Å². The molecular weight excluding hydrogens is 481 g/mol. The van der Waals surface area contributed by atoms with Crippen molar-refractivity contribution in [3.8, 4) is 11.4 Å². The number of benzene rings is 1. The summed E-state index contributed by atoms with van der Waals surface area (Å²) in [5.41, 5.74) is 5.30. The molecule has 0 bridgehead atoms. The Balaban J connectivity index is 1.65. The zero-order valence-electron chi connectivity index (χ0n) is 19.3. The first-order valence-corrected chi connectivity index (χ1v) is 12.7. The van der Waals surface area contributed by atoms with Crippen molar-refractivity contribution in [3.05, 3.63) is 45.8 Å². The van der Waals surface area contributed by atoms with Crippen molar-refractivity contribution in [2.75, 3.05) is 30.0 Å². The molecule has 14 heteroatoms. The molecular formula is C21H24FN7O5S. The average molecular weight is 506 g/mol. The molecule has 1 aliphatic heterocycles. The van der Waals surface area contributed by atoms with Crippen LogP contribution in [0.1, 0.15) is 50.2 Å². The van der Waals surface area contributed by atoms with E-state index in [4.69, 9.17) is 10.3 Å². The number of aromatic nitrogens is 4. The summed E-state index contributed by atoms with van der Waals surface area (Å²) in [6.45, 7) is 4.70. The Labute approximate surface area is 200 Å². The molecule has 1 aromatic carbocycles. The van der Waals surface area contributed by atoms with Crippen LogP contribution in [0.5, 0.6) is 0 Å². The van der Waals surface area contributed by atoms with Crippen molar-refractivity contribution in [1.82, 2.24) is 20.1 Å². The van der Waals surface area contributed by atoms with Crippen LogP contribution in [-0.4, -0.2) is 52.8 Å². The molecule has 2 N–H and O–H groups in total. The lowest BCUT2D eigenvalue weighted by atomic mass is 9.96. The highest BCUT2D eigenvalue weighted by atomic mass is 32.2. The molecule has 4 rings (SSSR count). The van der Waals surface area contributed by atoms with Crippen LogP contribution in [0.15, 0.2) is 27.6 Å². The van der Waals surface area contributed by atoms with Gasteiger partial charge in [-0.25, -0.2) is 22.8 Å². The first-order chi connectivity index (χ1) is 16.5. The maximum atomic E-state index is 14.8. The molecule has 35 heavy (non-hydrogen) atoms. The lowest BCUT2D eigenvalue weighted by Crippen LogP contribution is -2.34. The minimum Gasteiger partial charge on any atom is -0.378 e. The van der Waals surface area contributed by atoms with Gasteiger partial charge in [-0.1, -0.05) is 19.0 Å².